The fraction of sp³-hybridized carbons (Fsp3) is 0.385. The largest absolute Gasteiger partial charge is 0.465 e. The van der Waals surface area contributed by atoms with Gasteiger partial charge in [0.2, 0.25) is 0 Å². The molecule has 1 aromatic carbocycles. The third kappa shape index (κ3) is 3.82. The summed E-state index contributed by atoms with van der Waals surface area (Å²) in [6.07, 6.45) is 0.527. The van der Waals surface area contributed by atoms with Gasteiger partial charge in [0.25, 0.3) is 10.0 Å². The molecular weight excluding hydrogens is 360 g/mol. The van der Waals surface area contributed by atoms with Crippen molar-refractivity contribution in [1.29, 1.82) is 0 Å². The standard InChI is InChI=1S/C13H15BrN2O4S/c1-9(14)13(17)20-8-4-7-15-12-10-5-2-3-6-11(10)21(18,19)16-12/h2-3,5-6,9H,4,7-8H2,1H3,(H,15,16)/t9-/m1/s1. The average Bonchev–Trinajstić information content (AvgIpc) is 2.70. The summed E-state index contributed by atoms with van der Waals surface area (Å²) in [6.45, 7) is 2.31. The number of benzene rings is 1. The van der Waals surface area contributed by atoms with Gasteiger partial charge in [0.1, 0.15) is 10.7 Å². The summed E-state index contributed by atoms with van der Waals surface area (Å²) < 4.78 is 31.1. The summed E-state index contributed by atoms with van der Waals surface area (Å²) >= 11 is 3.11. The molecule has 0 bridgehead atoms. The topological polar surface area (TPSA) is 84.8 Å². The highest BCUT2D eigenvalue weighted by atomic mass is 79.9. The van der Waals surface area contributed by atoms with Gasteiger partial charge in [0.05, 0.1) is 11.5 Å². The lowest BCUT2D eigenvalue weighted by atomic mass is 10.2. The number of aliphatic imine (C=N–C) groups is 1. The van der Waals surface area contributed by atoms with Crippen molar-refractivity contribution < 1.29 is 17.9 Å². The van der Waals surface area contributed by atoms with Crippen LogP contribution in [0.4, 0.5) is 0 Å². The van der Waals surface area contributed by atoms with Crippen LogP contribution in [-0.2, 0) is 19.6 Å². The van der Waals surface area contributed by atoms with Gasteiger partial charge >= 0.3 is 5.97 Å². The number of nitrogens with zero attached hydrogens (tertiary/aromatic N) is 1. The molecule has 1 atom stereocenters. The average molecular weight is 375 g/mol. The zero-order valence-electron chi connectivity index (χ0n) is 11.4. The molecule has 1 aliphatic rings. The Labute approximate surface area is 131 Å². The van der Waals surface area contributed by atoms with Crippen LogP contribution in [0.15, 0.2) is 34.2 Å². The molecule has 0 amide bonds. The summed E-state index contributed by atoms with van der Waals surface area (Å²) in [5, 5.41) is 0. The van der Waals surface area contributed by atoms with Crippen molar-refractivity contribution in [3.8, 4) is 0 Å². The van der Waals surface area contributed by atoms with Crippen LogP contribution in [0, 0.1) is 0 Å². The molecule has 0 aromatic heterocycles. The maximum absolute atomic E-state index is 11.9. The van der Waals surface area contributed by atoms with E-state index in [1.165, 1.54) is 0 Å². The number of nitrogens with one attached hydrogen (secondary N) is 1. The molecular formula is C13H15BrN2O4S. The van der Waals surface area contributed by atoms with Crippen molar-refractivity contribution in [1.82, 2.24) is 4.72 Å². The third-order valence-corrected chi connectivity index (χ3v) is 4.58. The van der Waals surface area contributed by atoms with Gasteiger partial charge in [-0.3, -0.25) is 14.5 Å². The predicted octanol–water partition coefficient (Wildman–Crippen LogP) is 1.44. The second-order valence-electron chi connectivity index (χ2n) is 4.47. The molecule has 0 aliphatic carbocycles. The fourth-order valence-corrected chi connectivity index (χ4v) is 3.18. The first-order valence-electron chi connectivity index (χ1n) is 6.39. The van der Waals surface area contributed by atoms with Gasteiger partial charge in [-0.15, -0.1) is 0 Å². The van der Waals surface area contributed by atoms with Gasteiger partial charge in [-0.05, 0) is 19.1 Å². The molecule has 0 radical (unpaired) electrons. The zero-order valence-corrected chi connectivity index (χ0v) is 13.8. The van der Waals surface area contributed by atoms with Crippen molar-refractivity contribution in [3.05, 3.63) is 29.8 Å². The molecule has 1 aliphatic heterocycles. The molecule has 2 rings (SSSR count). The second kappa shape index (κ2) is 6.57. The Bertz CT molecular complexity index is 671. The number of hydrogen-bond donors (Lipinski definition) is 1. The van der Waals surface area contributed by atoms with Crippen molar-refractivity contribution in [3.63, 3.8) is 0 Å². The van der Waals surface area contributed by atoms with E-state index in [-0.39, 0.29) is 22.3 Å². The summed E-state index contributed by atoms with van der Waals surface area (Å²) in [6, 6.07) is 6.68. The number of rotatable bonds is 5. The van der Waals surface area contributed by atoms with Gasteiger partial charge in [0, 0.05) is 18.5 Å². The van der Waals surface area contributed by atoms with Crippen LogP contribution in [0.5, 0.6) is 0 Å². The number of alkyl halides is 1. The molecule has 0 saturated heterocycles. The molecule has 0 unspecified atom stereocenters. The van der Waals surface area contributed by atoms with Crippen LogP contribution in [-0.4, -0.2) is 38.2 Å². The highest BCUT2D eigenvalue weighted by Crippen LogP contribution is 2.22. The van der Waals surface area contributed by atoms with Crippen molar-refractivity contribution in [2.75, 3.05) is 13.2 Å². The van der Waals surface area contributed by atoms with Crippen LogP contribution in [0.3, 0.4) is 0 Å². The third-order valence-electron chi connectivity index (χ3n) is 2.80. The lowest BCUT2D eigenvalue weighted by Gasteiger charge is -2.05. The molecule has 1 N–H and O–H groups in total. The Morgan fingerprint density at radius 3 is 2.86 bits per heavy atom. The highest BCUT2D eigenvalue weighted by Gasteiger charge is 2.29. The number of sulfonamides is 1. The SMILES string of the molecule is C[C@@H](Br)C(=O)OCCCN=C1NS(=O)(=O)c2ccccc21. The monoisotopic (exact) mass is 374 g/mol. The molecule has 6 nitrogen and oxygen atoms in total. The Morgan fingerprint density at radius 2 is 2.14 bits per heavy atom. The number of carbonyl (C=O) groups excluding carboxylic acids is 1. The first-order valence-corrected chi connectivity index (χ1v) is 8.79. The lowest BCUT2D eigenvalue weighted by molar-refractivity contribution is -0.142. The Hall–Kier alpha value is -1.41. The Kier molecular flexibility index (Phi) is 5.00. The lowest BCUT2D eigenvalue weighted by Crippen LogP contribution is -2.22. The Morgan fingerprint density at radius 1 is 1.43 bits per heavy atom. The first kappa shape index (κ1) is 16.0. The number of amidine groups is 1. The first-order chi connectivity index (χ1) is 9.92. The molecule has 0 spiro atoms. The molecule has 21 heavy (non-hydrogen) atoms. The molecule has 114 valence electrons. The van der Waals surface area contributed by atoms with E-state index in [0.29, 0.717) is 24.4 Å². The second-order valence-corrected chi connectivity index (χ2v) is 7.49. The summed E-state index contributed by atoms with van der Waals surface area (Å²) in [5.74, 6) is 0.0142. The maximum atomic E-state index is 11.9. The minimum absolute atomic E-state index is 0.239. The smallest absolute Gasteiger partial charge is 0.319 e. The van der Waals surface area contributed by atoms with Crippen molar-refractivity contribution in [2.45, 2.75) is 23.1 Å². The van der Waals surface area contributed by atoms with Crippen LogP contribution in [0.1, 0.15) is 18.9 Å². The minimum Gasteiger partial charge on any atom is -0.465 e. The van der Waals surface area contributed by atoms with Gasteiger partial charge in [0.15, 0.2) is 0 Å². The van der Waals surface area contributed by atoms with E-state index >= 15 is 0 Å². The molecule has 0 saturated carbocycles. The number of halogens is 1. The van der Waals surface area contributed by atoms with E-state index in [2.05, 4.69) is 25.6 Å². The zero-order chi connectivity index (χ0) is 15.5. The van der Waals surface area contributed by atoms with E-state index in [1.807, 2.05) is 0 Å². The maximum Gasteiger partial charge on any atom is 0.319 e. The number of ether oxygens (including phenoxy) is 1. The van der Waals surface area contributed by atoms with Crippen LogP contribution < -0.4 is 4.72 Å². The predicted molar refractivity (Wildman–Crippen MR) is 82.1 cm³/mol. The summed E-state index contributed by atoms with van der Waals surface area (Å²) in [7, 11) is -3.49. The number of fused-ring (bicyclic) bond motifs is 1. The van der Waals surface area contributed by atoms with Crippen molar-refractivity contribution >= 4 is 37.8 Å². The van der Waals surface area contributed by atoms with E-state index in [0.717, 1.165) is 0 Å². The fourth-order valence-electron chi connectivity index (χ4n) is 1.79. The summed E-state index contributed by atoms with van der Waals surface area (Å²) in [5.41, 5.74) is 0.573. The Balaban J connectivity index is 1.94. The molecule has 1 aromatic rings. The molecule has 8 heteroatoms. The van der Waals surface area contributed by atoms with Gasteiger partial charge < -0.3 is 4.74 Å². The van der Waals surface area contributed by atoms with E-state index < -0.39 is 10.0 Å². The minimum atomic E-state index is -3.49. The quantitative estimate of drug-likeness (QED) is 0.480. The number of hydrogen-bond acceptors (Lipinski definition) is 5. The van der Waals surface area contributed by atoms with E-state index in [4.69, 9.17) is 4.74 Å². The van der Waals surface area contributed by atoms with E-state index in [1.54, 1.807) is 31.2 Å². The van der Waals surface area contributed by atoms with Crippen molar-refractivity contribution in [2.24, 2.45) is 4.99 Å². The number of carbonyl (C=O) groups is 1. The van der Waals surface area contributed by atoms with Crippen LogP contribution in [0.25, 0.3) is 0 Å². The number of esters is 1. The molecule has 0 fully saturated rings. The van der Waals surface area contributed by atoms with Gasteiger partial charge in [-0.2, -0.15) is 0 Å². The van der Waals surface area contributed by atoms with Crippen LogP contribution >= 0.6 is 15.9 Å². The van der Waals surface area contributed by atoms with Crippen LogP contribution in [0.2, 0.25) is 0 Å². The summed E-state index contributed by atoms with van der Waals surface area (Å²) in [4.78, 5) is 15.3. The normalized spacial score (nSPS) is 18.9. The van der Waals surface area contributed by atoms with Gasteiger partial charge in [-0.25, -0.2) is 8.42 Å². The van der Waals surface area contributed by atoms with Gasteiger partial charge in [-0.1, -0.05) is 28.1 Å². The highest BCUT2D eigenvalue weighted by molar-refractivity contribution is 9.10. The van der Waals surface area contributed by atoms with E-state index in [9.17, 15) is 13.2 Å². The molecule has 1 heterocycles.